The average Bonchev–Trinajstić information content (AvgIpc) is 2.55. The van der Waals surface area contributed by atoms with Crippen molar-refractivity contribution in [2.45, 2.75) is 57.8 Å². The van der Waals surface area contributed by atoms with Gasteiger partial charge in [-0.15, -0.1) is 0 Å². The zero-order valence-electron chi connectivity index (χ0n) is 15.3. The minimum absolute atomic E-state index is 0.0524. The highest BCUT2D eigenvalue weighted by Gasteiger charge is 2.52. The van der Waals surface area contributed by atoms with Gasteiger partial charge in [-0.2, -0.15) is 0 Å². The zero-order valence-corrected chi connectivity index (χ0v) is 15.3. The molecule has 0 N–H and O–H groups in total. The number of aryl methyl sites for hydroxylation is 2. The highest BCUT2D eigenvalue weighted by atomic mass is 16.5. The van der Waals surface area contributed by atoms with Gasteiger partial charge in [-0.05, 0) is 60.9 Å². The predicted octanol–water partition coefficient (Wildman–Crippen LogP) is 4.15. The number of rotatable bonds is 1. The molecule has 0 radical (unpaired) electrons. The summed E-state index contributed by atoms with van der Waals surface area (Å²) in [6.07, 6.45) is 5.42. The van der Waals surface area contributed by atoms with Gasteiger partial charge in [-0.3, -0.25) is 0 Å². The van der Waals surface area contributed by atoms with Crippen molar-refractivity contribution in [3.05, 3.63) is 52.6 Å². The van der Waals surface area contributed by atoms with E-state index in [-0.39, 0.29) is 10.8 Å². The number of hydrogen-bond acceptors (Lipinski definition) is 3. The molecule has 1 aromatic carbocycles. The minimum Gasteiger partial charge on any atom is -0.497 e. The lowest BCUT2D eigenvalue weighted by Gasteiger charge is -2.54. The van der Waals surface area contributed by atoms with Crippen LogP contribution in [0.2, 0.25) is 0 Å². The summed E-state index contributed by atoms with van der Waals surface area (Å²) in [6.45, 7) is 9.15. The average molecular weight is 322 g/mol. The fourth-order valence-corrected chi connectivity index (χ4v) is 5.36. The minimum atomic E-state index is 0.0524. The van der Waals surface area contributed by atoms with Gasteiger partial charge in [-0.25, -0.2) is 9.97 Å². The van der Waals surface area contributed by atoms with E-state index in [2.05, 4.69) is 50.2 Å². The summed E-state index contributed by atoms with van der Waals surface area (Å²) < 4.78 is 5.52. The Morgan fingerprint density at radius 3 is 2.71 bits per heavy atom. The van der Waals surface area contributed by atoms with Crippen LogP contribution in [0, 0.1) is 12.8 Å². The summed E-state index contributed by atoms with van der Waals surface area (Å²) in [5.74, 6) is 2.41. The third kappa shape index (κ3) is 2.03. The van der Waals surface area contributed by atoms with Crippen molar-refractivity contribution in [1.82, 2.24) is 9.97 Å². The summed E-state index contributed by atoms with van der Waals surface area (Å²) in [5, 5.41) is 0. The van der Waals surface area contributed by atoms with Crippen LogP contribution in [0.15, 0.2) is 24.4 Å². The molecule has 2 aliphatic rings. The Hall–Kier alpha value is -1.90. The molecule has 1 heterocycles. The maximum atomic E-state index is 5.52. The standard InChI is InChI=1S/C21H26N2O/c1-13-22-12-15-11-21(4)17-10-16(24-5)8-6-14(17)7-9-18(21)20(2,3)19(15)23-13/h6,8,10,12,18H,7,9,11H2,1-5H3/t18-,21+/m0/s1. The van der Waals surface area contributed by atoms with Crippen molar-refractivity contribution in [2.24, 2.45) is 5.92 Å². The van der Waals surface area contributed by atoms with Crippen LogP contribution in [0.5, 0.6) is 5.75 Å². The molecule has 3 nitrogen and oxygen atoms in total. The van der Waals surface area contributed by atoms with Gasteiger partial charge in [0.15, 0.2) is 0 Å². The van der Waals surface area contributed by atoms with Gasteiger partial charge in [0, 0.05) is 17.0 Å². The van der Waals surface area contributed by atoms with E-state index in [0.29, 0.717) is 5.92 Å². The second-order valence-electron chi connectivity index (χ2n) is 8.22. The SMILES string of the molecule is COc1ccc2c(c1)[C@@]1(C)Cc3cnc(C)nc3C(C)(C)[C@@H]1CC2. The first-order valence-electron chi connectivity index (χ1n) is 8.86. The molecular weight excluding hydrogens is 296 g/mol. The largest absolute Gasteiger partial charge is 0.497 e. The second kappa shape index (κ2) is 5.05. The quantitative estimate of drug-likeness (QED) is 0.791. The van der Waals surface area contributed by atoms with E-state index in [9.17, 15) is 0 Å². The molecule has 2 aromatic rings. The second-order valence-corrected chi connectivity index (χ2v) is 8.22. The first-order chi connectivity index (χ1) is 11.4. The van der Waals surface area contributed by atoms with Crippen LogP contribution in [0.3, 0.4) is 0 Å². The highest BCUT2D eigenvalue weighted by Crippen LogP contribution is 2.56. The maximum Gasteiger partial charge on any atom is 0.125 e. The first-order valence-corrected chi connectivity index (χ1v) is 8.86. The van der Waals surface area contributed by atoms with E-state index in [0.717, 1.165) is 24.4 Å². The molecule has 0 saturated carbocycles. The number of nitrogens with zero attached hydrogens (tertiary/aromatic N) is 2. The molecule has 0 bridgehead atoms. The summed E-state index contributed by atoms with van der Waals surface area (Å²) in [4.78, 5) is 9.32. The predicted molar refractivity (Wildman–Crippen MR) is 95.7 cm³/mol. The summed E-state index contributed by atoms with van der Waals surface area (Å²) in [6, 6.07) is 6.61. The number of methoxy groups -OCH3 is 1. The molecule has 0 amide bonds. The molecule has 0 unspecified atom stereocenters. The lowest BCUT2D eigenvalue weighted by molar-refractivity contribution is 0.134. The Labute approximate surface area is 144 Å². The molecule has 0 aliphatic heterocycles. The maximum absolute atomic E-state index is 5.52. The van der Waals surface area contributed by atoms with Crippen LogP contribution in [0.25, 0.3) is 0 Å². The van der Waals surface area contributed by atoms with Crippen LogP contribution >= 0.6 is 0 Å². The van der Waals surface area contributed by atoms with Gasteiger partial charge in [0.05, 0.1) is 12.8 Å². The lowest BCUT2D eigenvalue weighted by atomic mass is 9.50. The Morgan fingerprint density at radius 1 is 1.17 bits per heavy atom. The normalized spacial score (nSPS) is 27.0. The van der Waals surface area contributed by atoms with Crippen molar-refractivity contribution in [3.8, 4) is 5.75 Å². The first kappa shape index (κ1) is 15.6. The van der Waals surface area contributed by atoms with Gasteiger partial charge in [0.2, 0.25) is 0 Å². The summed E-state index contributed by atoms with van der Waals surface area (Å²) in [7, 11) is 1.75. The van der Waals surface area contributed by atoms with E-state index >= 15 is 0 Å². The van der Waals surface area contributed by atoms with Crippen molar-refractivity contribution in [1.29, 1.82) is 0 Å². The smallest absolute Gasteiger partial charge is 0.125 e. The van der Waals surface area contributed by atoms with Gasteiger partial charge >= 0.3 is 0 Å². The fourth-order valence-electron chi connectivity index (χ4n) is 5.36. The number of ether oxygens (including phenoxy) is 1. The zero-order chi connectivity index (χ0) is 17.1. The topological polar surface area (TPSA) is 35.0 Å². The molecule has 24 heavy (non-hydrogen) atoms. The summed E-state index contributed by atoms with van der Waals surface area (Å²) >= 11 is 0. The Morgan fingerprint density at radius 2 is 1.96 bits per heavy atom. The molecule has 2 aliphatic carbocycles. The third-order valence-electron chi connectivity index (χ3n) is 6.43. The van der Waals surface area contributed by atoms with E-state index in [1.54, 1.807) is 7.11 Å². The lowest BCUT2D eigenvalue weighted by Crippen LogP contribution is -2.52. The molecule has 0 spiro atoms. The van der Waals surface area contributed by atoms with Crippen molar-refractivity contribution < 1.29 is 4.74 Å². The van der Waals surface area contributed by atoms with E-state index in [1.165, 1.54) is 28.8 Å². The monoisotopic (exact) mass is 322 g/mol. The van der Waals surface area contributed by atoms with Gasteiger partial charge in [-0.1, -0.05) is 26.8 Å². The number of fused-ring (bicyclic) bond motifs is 4. The number of aromatic nitrogens is 2. The van der Waals surface area contributed by atoms with Crippen molar-refractivity contribution in [2.75, 3.05) is 7.11 Å². The van der Waals surface area contributed by atoms with Crippen molar-refractivity contribution >= 4 is 0 Å². The molecule has 4 rings (SSSR count). The Balaban J connectivity index is 1.93. The number of hydrogen-bond donors (Lipinski definition) is 0. The molecule has 2 atom stereocenters. The third-order valence-corrected chi connectivity index (χ3v) is 6.43. The van der Waals surface area contributed by atoms with Crippen LogP contribution in [-0.4, -0.2) is 17.1 Å². The van der Waals surface area contributed by atoms with Crippen LogP contribution in [-0.2, 0) is 23.7 Å². The highest BCUT2D eigenvalue weighted by molar-refractivity contribution is 5.48. The van der Waals surface area contributed by atoms with Gasteiger partial charge in [0.1, 0.15) is 11.6 Å². The Bertz CT molecular complexity index is 811. The van der Waals surface area contributed by atoms with E-state index < -0.39 is 0 Å². The molecular formula is C21H26N2O. The molecule has 3 heteroatoms. The van der Waals surface area contributed by atoms with Gasteiger partial charge in [0.25, 0.3) is 0 Å². The van der Waals surface area contributed by atoms with Gasteiger partial charge < -0.3 is 4.74 Å². The van der Waals surface area contributed by atoms with Crippen molar-refractivity contribution in [3.63, 3.8) is 0 Å². The molecule has 0 fully saturated rings. The van der Waals surface area contributed by atoms with Crippen LogP contribution in [0.1, 0.15) is 55.4 Å². The van der Waals surface area contributed by atoms with E-state index in [1.807, 2.05) is 6.92 Å². The molecule has 0 saturated heterocycles. The van der Waals surface area contributed by atoms with Crippen LogP contribution < -0.4 is 4.74 Å². The molecule has 126 valence electrons. The van der Waals surface area contributed by atoms with Crippen LogP contribution in [0.4, 0.5) is 0 Å². The fraction of sp³-hybridized carbons (Fsp3) is 0.524. The van der Waals surface area contributed by atoms with E-state index in [4.69, 9.17) is 9.72 Å². The Kier molecular flexibility index (Phi) is 3.28. The molecule has 1 aromatic heterocycles. The summed E-state index contributed by atoms with van der Waals surface area (Å²) in [5.41, 5.74) is 5.65. The number of benzene rings is 1.